The van der Waals surface area contributed by atoms with Gasteiger partial charge in [-0.1, -0.05) is 36.7 Å². The van der Waals surface area contributed by atoms with Crippen LogP contribution >= 0.6 is 15.9 Å². The zero-order valence-electron chi connectivity index (χ0n) is 12.1. The first-order valence-electron chi connectivity index (χ1n) is 6.40. The molecule has 1 atom stereocenters. The molecular weight excluding hydrogens is 326 g/mol. The molecule has 0 fully saturated rings. The van der Waals surface area contributed by atoms with Crippen LogP contribution < -0.4 is 4.74 Å². The molecule has 6 heteroatoms. The van der Waals surface area contributed by atoms with Crippen molar-refractivity contribution >= 4 is 21.6 Å². The minimum Gasteiger partial charge on any atom is -0.487 e. The summed E-state index contributed by atoms with van der Waals surface area (Å²) >= 11 is 3.21. The number of nitrogens with zero attached hydrogens (tertiary/aromatic N) is 1. The number of rotatable bonds is 5. The number of benzene rings is 1. The lowest BCUT2D eigenvalue weighted by atomic mass is 9.93. The van der Waals surface area contributed by atoms with Crippen molar-refractivity contribution < 1.29 is 14.8 Å². The van der Waals surface area contributed by atoms with Crippen LogP contribution in [0.25, 0.3) is 0 Å². The Morgan fingerprint density at radius 3 is 2.50 bits per heavy atom. The Bertz CT molecular complexity index is 495. The van der Waals surface area contributed by atoms with Crippen molar-refractivity contribution in [1.29, 1.82) is 0 Å². The van der Waals surface area contributed by atoms with E-state index in [2.05, 4.69) is 36.7 Å². The topological polar surface area (TPSA) is 72.6 Å². The fourth-order valence-corrected chi connectivity index (χ4v) is 2.13. The Kier molecular flexibility index (Phi) is 5.53. The Morgan fingerprint density at radius 2 is 2.05 bits per heavy atom. The van der Waals surface area contributed by atoms with Crippen LogP contribution in [-0.2, 0) is 0 Å². The first-order chi connectivity index (χ1) is 9.11. The molecule has 0 spiro atoms. The fraction of sp³-hybridized carbons (Fsp3) is 0.571. The molecule has 0 aliphatic heterocycles. The number of aliphatic hydroxyl groups is 1. The largest absolute Gasteiger partial charge is 0.487 e. The first kappa shape index (κ1) is 16.9. The molecule has 1 rings (SSSR count). The summed E-state index contributed by atoms with van der Waals surface area (Å²) < 4.78 is 6.14. The monoisotopic (exact) mass is 345 g/mol. The maximum atomic E-state index is 11.1. The first-order valence-corrected chi connectivity index (χ1v) is 7.20. The molecular formula is C14H20BrNO4. The van der Waals surface area contributed by atoms with Crippen molar-refractivity contribution in [2.24, 2.45) is 5.41 Å². The van der Waals surface area contributed by atoms with Gasteiger partial charge in [-0.15, -0.1) is 0 Å². The minimum atomic E-state index is -0.837. The molecule has 0 saturated heterocycles. The lowest BCUT2D eigenvalue weighted by Crippen LogP contribution is -2.13. The molecule has 1 aromatic carbocycles. The van der Waals surface area contributed by atoms with Crippen LogP contribution in [0, 0.1) is 15.5 Å². The summed E-state index contributed by atoms with van der Waals surface area (Å²) in [7, 11) is 0. The van der Waals surface area contributed by atoms with Gasteiger partial charge in [-0.3, -0.25) is 10.1 Å². The normalized spacial score (nSPS) is 13.1. The fourth-order valence-electron chi connectivity index (χ4n) is 1.66. The van der Waals surface area contributed by atoms with Crippen LogP contribution in [0.1, 0.15) is 45.8 Å². The smallest absolute Gasteiger partial charge is 0.312 e. The Hall–Kier alpha value is -1.14. The van der Waals surface area contributed by atoms with Crippen molar-refractivity contribution in [2.45, 2.75) is 40.2 Å². The highest BCUT2D eigenvalue weighted by Gasteiger charge is 2.23. The Balaban J connectivity index is 3.10. The maximum Gasteiger partial charge on any atom is 0.312 e. The van der Waals surface area contributed by atoms with E-state index < -0.39 is 11.0 Å². The second-order valence-electron chi connectivity index (χ2n) is 5.94. The predicted octanol–water partition coefficient (Wildman–Crippen LogP) is 4.23. The van der Waals surface area contributed by atoms with Crippen molar-refractivity contribution in [3.8, 4) is 5.75 Å². The zero-order valence-corrected chi connectivity index (χ0v) is 13.7. The molecule has 1 aromatic rings. The van der Waals surface area contributed by atoms with Gasteiger partial charge in [0.25, 0.3) is 0 Å². The van der Waals surface area contributed by atoms with E-state index in [1.54, 1.807) is 13.0 Å². The minimum absolute atomic E-state index is 0.0785. The summed E-state index contributed by atoms with van der Waals surface area (Å²) in [5.74, 6) is 0.150. The number of aliphatic hydroxyl groups excluding tert-OH is 1. The van der Waals surface area contributed by atoms with Gasteiger partial charge in [-0.25, -0.2) is 0 Å². The van der Waals surface area contributed by atoms with Crippen LogP contribution in [0.15, 0.2) is 16.6 Å². The lowest BCUT2D eigenvalue weighted by Gasteiger charge is -2.19. The van der Waals surface area contributed by atoms with Gasteiger partial charge in [0.15, 0.2) is 0 Å². The molecule has 0 saturated carbocycles. The van der Waals surface area contributed by atoms with E-state index in [0.717, 1.165) is 6.42 Å². The number of nitro groups is 1. The van der Waals surface area contributed by atoms with Gasteiger partial charge in [0.05, 0.1) is 17.6 Å². The second kappa shape index (κ2) is 6.54. The summed E-state index contributed by atoms with van der Waals surface area (Å²) in [5, 5.41) is 20.9. The molecule has 0 bridgehead atoms. The summed E-state index contributed by atoms with van der Waals surface area (Å²) in [5.41, 5.74) is 0.360. The molecule has 0 aromatic heterocycles. The van der Waals surface area contributed by atoms with E-state index in [1.807, 2.05) is 0 Å². The average Bonchev–Trinajstić information content (AvgIpc) is 2.28. The molecule has 1 unspecified atom stereocenters. The number of hydrogen-bond donors (Lipinski definition) is 1. The molecule has 0 aliphatic carbocycles. The quantitative estimate of drug-likeness (QED) is 0.640. The summed E-state index contributed by atoms with van der Waals surface area (Å²) in [4.78, 5) is 10.6. The summed E-state index contributed by atoms with van der Waals surface area (Å²) in [6.07, 6.45) is -0.0738. The van der Waals surface area contributed by atoms with Gasteiger partial charge < -0.3 is 9.84 Å². The van der Waals surface area contributed by atoms with Crippen LogP contribution in [-0.4, -0.2) is 16.6 Å². The molecule has 0 amide bonds. The molecule has 20 heavy (non-hydrogen) atoms. The third kappa shape index (κ3) is 4.76. The molecule has 112 valence electrons. The second-order valence-corrected chi connectivity index (χ2v) is 6.85. The number of nitro benzene ring substituents is 1. The van der Waals surface area contributed by atoms with Gasteiger partial charge in [-0.05, 0) is 24.8 Å². The predicted molar refractivity (Wildman–Crippen MR) is 81.0 cm³/mol. The highest BCUT2D eigenvalue weighted by atomic mass is 79.9. The highest BCUT2D eigenvalue weighted by molar-refractivity contribution is 9.10. The molecule has 1 N–H and O–H groups in total. The highest BCUT2D eigenvalue weighted by Crippen LogP contribution is 2.38. The van der Waals surface area contributed by atoms with Gasteiger partial charge >= 0.3 is 5.69 Å². The van der Waals surface area contributed by atoms with Gasteiger partial charge in [-0.2, -0.15) is 0 Å². The summed E-state index contributed by atoms with van der Waals surface area (Å²) in [6, 6.07) is 3.03. The van der Waals surface area contributed by atoms with Crippen LogP contribution in [0.3, 0.4) is 0 Å². The van der Waals surface area contributed by atoms with Crippen molar-refractivity contribution in [3.63, 3.8) is 0 Å². The molecule has 0 aliphatic rings. The van der Waals surface area contributed by atoms with Crippen molar-refractivity contribution in [1.82, 2.24) is 0 Å². The van der Waals surface area contributed by atoms with E-state index in [9.17, 15) is 15.2 Å². The van der Waals surface area contributed by atoms with Crippen LogP contribution in [0.2, 0.25) is 0 Å². The number of ether oxygens (including phenoxy) is 1. The SMILES string of the molecule is CC(O)c1cc(Br)cc([N+](=O)[O-])c1OCCC(C)(C)C. The van der Waals surface area contributed by atoms with E-state index in [0.29, 0.717) is 16.6 Å². The third-order valence-corrected chi connectivity index (χ3v) is 3.27. The van der Waals surface area contributed by atoms with Gasteiger partial charge in [0, 0.05) is 16.1 Å². The number of halogens is 1. The van der Waals surface area contributed by atoms with Crippen molar-refractivity contribution in [3.05, 3.63) is 32.3 Å². The Labute approximate surface area is 127 Å². The summed E-state index contributed by atoms with van der Waals surface area (Å²) in [6.45, 7) is 8.14. The molecule has 0 radical (unpaired) electrons. The van der Waals surface area contributed by atoms with Crippen molar-refractivity contribution in [2.75, 3.05) is 6.61 Å². The van der Waals surface area contributed by atoms with Gasteiger partial charge in [0.2, 0.25) is 5.75 Å². The van der Waals surface area contributed by atoms with Crippen LogP contribution in [0.4, 0.5) is 5.69 Å². The number of hydrogen-bond acceptors (Lipinski definition) is 4. The molecule has 0 heterocycles. The van der Waals surface area contributed by atoms with E-state index in [-0.39, 0.29) is 16.9 Å². The average molecular weight is 346 g/mol. The maximum absolute atomic E-state index is 11.1. The zero-order chi connectivity index (χ0) is 15.5. The van der Waals surface area contributed by atoms with Gasteiger partial charge in [0.1, 0.15) is 0 Å². The standard InChI is InChI=1S/C14H20BrNO4/c1-9(17)11-7-10(15)8-12(16(18)19)13(11)20-6-5-14(2,3)4/h7-9,17H,5-6H2,1-4H3. The molecule has 5 nitrogen and oxygen atoms in total. The van der Waals surface area contributed by atoms with Crippen LogP contribution in [0.5, 0.6) is 5.75 Å². The third-order valence-electron chi connectivity index (χ3n) is 2.81. The lowest BCUT2D eigenvalue weighted by molar-refractivity contribution is -0.386. The van der Waals surface area contributed by atoms with E-state index in [1.165, 1.54) is 6.07 Å². The Morgan fingerprint density at radius 1 is 1.45 bits per heavy atom. The van der Waals surface area contributed by atoms with E-state index >= 15 is 0 Å². The van der Waals surface area contributed by atoms with E-state index in [4.69, 9.17) is 4.74 Å².